The van der Waals surface area contributed by atoms with Crippen LogP contribution in [-0.4, -0.2) is 44.6 Å². The first-order chi connectivity index (χ1) is 9.65. The van der Waals surface area contributed by atoms with Crippen LogP contribution in [-0.2, 0) is 11.2 Å². The van der Waals surface area contributed by atoms with Gasteiger partial charge in [-0.15, -0.1) is 6.58 Å². The number of rotatable bonds is 9. The molecule has 0 radical (unpaired) electrons. The van der Waals surface area contributed by atoms with E-state index in [9.17, 15) is 4.79 Å². The average Bonchev–Trinajstić information content (AvgIpc) is 2.45. The molecule has 1 amide bonds. The van der Waals surface area contributed by atoms with Gasteiger partial charge < -0.3 is 10.1 Å². The maximum absolute atomic E-state index is 11.5. The summed E-state index contributed by atoms with van der Waals surface area (Å²) in [6, 6.07) is 8.11. The highest BCUT2D eigenvalue weighted by molar-refractivity contribution is 5.78. The number of nitrogens with zero attached hydrogens (tertiary/aromatic N) is 1. The third-order valence-electron chi connectivity index (χ3n) is 3.02. The molecule has 0 saturated carbocycles. The molecule has 1 rings (SSSR count). The molecule has 0 aliphatic carbocycles. The fraction of sp³-hybridized carbons (Fsp3) is 0.438. The molecule has 4 nitrogen and oxygen atoms in total. The summed E-state index contributed by atoms with van der Waals surface area (Å²) < 4.78 is 5.13. The first-order valence-corrected chi connectivity index (χ1v) is 6.84. The number of carbonyl (C=O) groups excluding carboxylic acids is 1. The van der Waals surface area contributed by atoms with Gasteiger partial charge in [0.1, 0.15) is 5.75 Å². The van der Waals surface area contributed by atoms with Crippen LogP contribution in [0, 0.1) is 0 Å². The van der Waals surface area contributed by atoms with Crippen LogP contribution in [0.3, 0.4) is 0 Å². The van der Waals surface area contributed by atoms with Gasteiger partial charge in [0.05, 0.1) is 13.7 Å². The summed E-state index contributed by atoms with van der Waals surface area (Å²) in [6.45, 7) is 5.42. The zero-order valence-corrected chi connectivity index (χ0v) is 12.4. The number of aryl methyl sites for hydroxylation is 1. The summed E-state index contributed by atoms with van der Waals surface area (Å²) in [5.41, 5.74) is 1.29. The molecule has 110 valence electrons. The number of methoxy groups -OCH3 is 1. The first-order valence-electron chi connectivity index (χ1n) is 6.84. The van der Waals surface area contributed by atoms with Gasteiger partial charge in [-0.2, -0.15) is 0 Å². The highest BCUT2D eigenvalue weighted by Gasteiger charge is 2.05. The van der Waals surface area contributed by atoms with Gasteiger partial charge in [0.25, 0.3) is 0 Å². The molecule has 1 aromatic rings. The molecular formula is C16H24N2O2. The van der Waals surface area contributed by atoms with Gasteiger partial charge >= 0.3 is 0 Å². The molecule has 0 saturated heterocycles. The number of hydrogen-bond acceptors (Lipinski definition) is 3. The Morgan fingerprint density at radius 3 is 2.70 bits per heavy atom. The quantitative estimate of drug-likeness (QED) is 0.700. The predicted octanol–water partition coefficient (Wildman–Crippen LogP) is 1.86. The van der Waals surface area contributed by atoms with Crippen molar-refractivity contribution in [2.24, 2.45) is 0 Å². The Labute approximate surface area is 121 Å². The predicted molar refractivity (Wildman–Crippen MR) is 82.0 cm³/mol. The average molecular weight is 276 g/mol. The van der Waals surface area contributed by atoms with Crippen LogP contribution in [0.4, 0.5) is 0 Å². The van der Waals surface area contributed by atoms with Gasteiger partial charge in [-0.05, 0) is 44.1 Å². The van der Waals surface area contributed by atoms with Crippen molar-refractivity contribution in [3.8, 4) is 5.75 Å². The van der Waals surface area contributed by atoms with Crippen LogP contribution in [0.2, 0.25) is 0 Å². The molecule has 1 aromatic carbocycles. The van der Waals surface area contributed by atoms with Crippen molar-refractivity contribution in [3.63, 3.8) is 0 Å². The first kappa shape index (κ1) is 16.2. The van der Waals surface area contributed by atoms with Crippen molar-refractivity contribution in [1.82, 2.24) is 10.2 Å². The molecule has 0 heterocycles. The van der Waals surface area contributed by atoms with Gasteiger partial charge in [-0.25, -0.2) is 0 Å². The topological polar surface area (TPSA) is 41.6 Å². The Hall–Kier alpha value is -1.81. The number of ether oxygens (including phenoxy) is 1. The molecule has 0 aromatic heterocycles. The third-order valence-corrected chi connectivity index (χ3v) is 3.02. The lowest BCUT2D eigenvalue weighted by molar-refractivity contribution is -0.121. The lowest BCUT2D eigenvalue weighted by Crippen LogP contribution is -2.35. The fourth-order valence-electron chi connectivity index (χ4n) is 1.91. The lowest BCUT2D eigenvalue weighted by Gasteiger charge is -2.15. The molecule has 0 fully saturated rings. The van der Waals surface area contributed by atoms with Gasteiger partial charge in [0, 0.05) is 6.54 Å². The minimum Gasteiger partial charge on any atom is -0.497 e. The zero-order valence-electron chi connectivity index (χ0n) is 12.4. The molecule has 0 aliphatic rings. The number of amides is 1. The van der Waals surface area contributed by atoms with E-state index in [0.717, 1.165) is 25.1 Å². The molecule has 0 unspecified atom stereocenters. The highest BCUT2D eigenvalue weighted by atomic mass is 16.5. The number of carbonyl (C=O) groups is 1. The maximum atomic E-state index is 11.5. The molecule has 4 heteroatoms. The van der Waals surface area contributed by atoms with E-state index in [0.29, 0.717) is 13.1 Å². The number of nitrogens with one attached hydrogen (secondary N) is 1. The number of likely N-dealkylation sites (N-methyl/N-ethyl adjacent to an activating group) is 1. The molecule has 20 heavy (non-hydrogen) atoms. The van der Waals surface area contributed by atoms with Crippen molar-refractivity contribution < 1.29 is 9.53 Å². The Morgan fingerprint density at radius 1 is 1.40 bits per heavy atom. The second-order valence-electron chi connectivity index (χ2n) is 4.78. The van der Waals surface area contributed by atoms with Crippen LogP contribution in [0.25, 0.3) is 0 Å². The molecule has 0 spiro atoms. The molecule has 1 N–H and O–H groups in total. The van der Waals surface area contributed by atoms with E-state index in [2.05, 4.69) is 24.0 Å². The summed E-state index contributed by atoms with van der Waals surface area (Å²) in [6.07, 6.45) is 3.71. The van der Waals surface area contributed by atoms with E-state index in [1.807, 2.05) is 24.1 Å². The normalized spacial score (nSPS) is 10.3. The van der Waals surface area contributed by atoms with Gasteiger partial charge in [0.15, 0.2) is 0 Å². The molecule has 0 aliphatic heterocycles. The zero-order chi connectivity index (χ0) is 14.8. The molecule has 0 bridgehead atoms. The van der Waals surface area contributed by atoms with Crippen molar-refractivity contribution in [2.75, 3.05) is 33.8 Å². The van der Waals surface area contributed by atoms with Crippen molar-refractivity contribution >= 4 is 5.91 Å². The van der Waals surface area contributed by atoms with Crippen molar-refractivity contribution in [2.45, 2.75) is 12.8 Å². The third kappa shape index (κ3) is 6.38. The summed E-state index contributed by atoms with van der Waals surface area (Å²) in [5, 5.41) is 2.77. The van der Waals surface area contributed by atoms with Crippen LogP contribution in [0.1, 0.15) is 12.0 Å². The highest BCUT2D eigenvalue weighted by Crippen LogP contribution is 2.12. The summed E-state index contributed by atoms with van der Waals surface area (Å²) in [4.78, 5) is 13.5. The SMILES string of the molecule is C=CCNC(=O)CN(C)CCCc1ccc(OC)cc1. The fourth-order valence-corrected chi connectivity index (χ4v) is 1.91. The Kier molecular flexibility index (Phi) is 7.43. The van der Waals surface area contributed by atoms with Gasteiger partial charge in [0.2, 0.25) is 5.91 Å². The minimum atomic E-state index is 0.0387. The summed E-state index contributed by atoms with van der Waals surface area (Å²) in [5.74, 6) is 0.918. The minimum absolute atomic E-state index is 0.0387. The van der Waals surface area contributed by atoms with E-state index in [1.54, 1.807) is 13.2 Å². The van der Waals surface area contributed by atoms with Gasteiger partial charge in [-0.1, -0.05) is 18.2 Å². The van der Waals surface area contributed by atoms with Crippen molar-refractivity contribution in [1.29, 1.82) is 0 Å². The molecular weight excluding hydrogens is 252 g/mol. The second kappa shape index (κ2) is 9.15. The lowest BCUT2D eigenvalue weighted by atomic mass is 10.1. The van der Waals surface area contributed by atoms with Crippen molar-refractivity contribution in [3.05, 3.63) is 42.5 Å². The summed E-state index contributed by atoms with van der Waals surface area (Å²) in [7, 11) is 3.63. The Bertz CT molecular complexity index is 415. The monoisotopic (exact) mass is 276 g/mol. The Balaban J connectivity index is 2.22. The van der Waals surface area contributed by atoms with Gasteiger partial charge in [-0.3, -0.25) is 9.69 Å². The number of hydrogen-bond donors (Lipinski definition) is 1. The van der Waals surface area contributed by atoms with Crippen LogP contribution < -0.4 is 10.1 Å². The van der Waals surface area contributed by atoms with Crippen LogP contribution in [0.5, 0.6) is 5.75 Å². The summed E-state index contributed by atoms with van der Waals surface area (Å²) >= 11 is 0. The van der Waals surface area contributed by atoms with E-state index < -0.39 is 0 Å². The van der Waals surface area contributed by atoms with E-state index in [4.69, 9.17) is 4.74 Å². The smallest absolute Gasteiger partial charge is 0.234 e. The van der Waals surface area contributed by atoms with E-state index in [1.165, 1.54) is 5.56 Å². The Morgan fingerprint density at radius 2 is 2.10 bits per heavy atom. The number of benzene rings is 1. The van der Waals surface area contributed by atoms with E-state index >= 15 is 0 Å². The van der Waals surface area contributed by atoms with Crippen LogP contribution >= 0.6 is 0 Å². The molecule has 0 atom stereocenters. The van der Waals surface area contributed by atoms with Crippen LogP contribution in [0.15, 0.2) is 36.9 Å². The standard InChI is InChI=1S/C16H24N2O2/c1-4-11-17-16(19)13-18(2)12-5-6-14-7-9-15(20-3)10-8-14/h4,7-10H,1,5-6,11-13H2,2-3H3,(H,17,19). The maximum Gasteiger partial charge on any atom is 0.234 e. The second-order valence-corrected chi connectivity index (χ2v) is 4.78. The van der Waals surface area contributed by atoms with E-state index in [-0.39, 0.29) is 5.91 Å². The largest absolute Gasteiger partial charge is 0.497 e.